The predicted molar refractivity (Wildman–Crippen MR) is 82.4 cm³/mol. The van der Waals surface area contributed by atoms with E-state index in [0.29, 0.717) is 24.3 Å². The van der Waals surface area contributed by atoms with E-state index in [-0.39, 0.29) is 5.91 Å². The number of carbonyl (C=O) groups excluding carboxylic acids is 1. The number of carbonyl (C=O) groups is 1. The van der Waals surface area contributed by atoms with E-state index in [1.54, 1.807) is 11.4 Å². The van der Waals surface area contributed by atoms with Gasteiger partial charge in [0, 0.05) is 22.9 Å². The van der Waals surface area contributed by atoms with Crippen LogP contribution < -0.4 is 5.32 Å². The molecule has 2 N–H and O–H groups in total. The summed E-state index contributed by atoms with van der Waals surface area (Å²) in [4.78, 5) is 11.8. The van der Waals surface area contributed by atoms with Crippen molar-refractivity contribution in [2.75, 3.05) is 6.54 Å². The van der Waals surface area contributed by atoms with E-state index in [1.807, 2.05) is 35.7 Å². The maximum absolute atomic E-state index is 11.8. The molecule has 0 radical (unpaired) electrons. The SMILES string of the molecule is O=C(NCC[C@H](O)c1cc2ccccc2o1)c1ccsc1. The average molecular weight is 301 g/mol. The number of benzene rings is 1. The molecule has 2 aromatic heterocycles. The predicted octanol–water partition coefficient (Wildman–Crippen LogP) is 3.35. The second-order valence-electron chi connectivity index (χ2n) is 4.76. The van der Waals surface area contributed by atoms with Crippen molar-refractivity contribution in [1.29, 1.82) is 0 Å². The van der Waals surface area contributed by atoms with Crippen LogP contribution in [0.2, 0.25) is 0 Å². The number of amides is 1. The summed E-state index contributed by atoms with van der Waals surface area (Å²) >= 11 is 1.48. The van der Waals surface area contributed by atoms with E-state index < -0.39 is 6.10 Å². The van der Waals surface area contributed by atoms with Gasteiger partial charge in [-0.15, -0.1) is 0 Å². The number of aliphatic hydroxyl groups is 1. The van der Waals surface area contributed by atoms with Gasteiger partial charge in [0.1, 0.15) is 17.4 Å². The van der Waals surface area contributed by atoms with Gasteiger partial charge in [0.25, 0.3) is 5.91 Å². The zero-order chi connectivity index (χ0) is 14.7. The van der Waals surface area contributed by atoms with Gasteiger partial charge in [-0.1, -0.05) is 18.2 Å². The van der Waals surface area contributed by atoms with Crippen molar-refractivity contribution < 1.29 is 14.3 Å². The second-order valence-corrected chi connectivity index (χ2v) is 5.54. The van der Waals surface area contributed by atoms with Crippen LogP contribution in [0.3, 0.4) is 0 Å². The normalized spacial score (nSPS) is 12.4. The molecule has 4 nitrogen and oxygen atoms in total. The molecule has 21 heavy (non-hydrogen) atoms. The van der Waals surface area contributed by atoms with Crippen LogP contribution in [-0.2, 0) is 0 Å². The summed E-state index contributed by atoms with van der Waals surface area (Å²) in [5.41, 5.74) is 1.41. The molecule has 0 fully saturated rings. The van der Waals surface area contributed by atoms with Gasteiger partial charge in [0.05, 0.1) is 0 Å². The molecular weight excluding hydrogens is 286 g/mol. The van der Waals surface area contributed by atoms with Crippen molar-refractivity contribution in [1.82, 2.24) is 5.32 Å². The summed E-state index contributed by atoms with van der Waals surface area (Å²) in [6.07, 6.45) is -0.310. The Morgan fingerprint density at radius 1 is 1.33 bits per heavy atom. The van der Waals surface area contributed by atoms with Crippen molar-refractivity contribution >= 4 is 28.2 Å². The number of nitrogens with one attached hydrogen (secondary N) is 1. The molecule has 1 aromatic carbocycles. The highest BCUT2D eigenvalue weighted by atomic mass is 32.1. The lowest BCUT2D eigenvalue weighted by molar-refractivity contribution is 0.0937. The van der Waals surface area contributed by atoms with Crippen LogP contribution in [0.4, 0.5) is 0 Å². The standard InChI is InChI=1S/C16H15NO3S/c18-13(5-7-17-16(19)12-6-8-21-10-12)15-9-11-3-1-2-4-14(11)20-15/h1-4,6,8-10,13,18H,5,7H2,(H,17,19)/t13-/m0/s1. The van der Waals surface area contributed by atoms with E-state index in [9.17, 15) is 9.90 Å². The lowest BCUT2D eigenvalue weighted by atomic mass is 10.2. The molecule has 2 heterocycles. The fourth-order valence-corrected chi connectivity index (χ4v) is 2.76. The van der Waals surface area contributed by atoms with Crippen LogP contribution in [-0.4, -0.2) is 17.6 Å². The average Bonchev–Trinajstić information content (AvgIpc) is 3.16. The molecule has 3 rings (SSSR count). The molecule has 0 aliphatic carbocycles. The third kappa shape index (κ3) is 3.15. The first-order valence-corrected chi connectivity index (χ1v) is 7.65. The fourth-order valence-electron chi connectivity index (χ4n) is 2.13. The topological polar surface area (TPSA) is 62.5 Å². The molecule has 0 spiro atoms. The molecule has 1 atom stereocenters. The highest BCUT2D eigenvalue weighted by Crippen LogP contribution is 2.25. The first-order chi connectivity index (χ1) is 10.2. The minimum absolute atomic E-state index is 0.118. The summed E-state index contributed by atoms with van der Waals surface area (Å²) in [5, 5.41) is 17.5. The molecule has 0 aliphatic heterocycles. The zero-order valence-corrected chi connectivity index (χ0v) is 12.1. The quantitative estimate of drug-likeness (QED) is 0.759. The molecule has 108 valence electrons. The Balaban J connectivity index is 1.56. The Labute approximate surface area is 126 Å². The Hall–Kier alpha value is -2.11. The number of furan rings is 1. The first-order valence-electron chi connectivity index (χ1n) is 6.71. The molecule has 0 unspecified atom stereocenters. The molecular formula is C16H15NO3S. The van der Waals surface area contributed by atoms with Gasteiger partial charge in [-0.2, -0.15) is 11.3 Å². The summed E-state index contributed by atoms with van der Waals surface area (Å²) in [6, 6.07) is 11.2. The number of fused-ring (bicyclic) bond motifs is 1. The highest BCUT2D eigenvalue weighted by Gasteiger charge is 2.14. The zero-order valence-electron chi connectivity index (χ0n) is 11.3. The number of aliphatic hydroxyl groups excluding tert-OH is 1. The highest BCUT2D eigenvalue weighted by molar-refractivity contribution is 7.08. The van der Waals surface area contributed by atoms with Crippen molar-refractivity contribution in [3.63, 3.8) is 0 Å². The number of thiophene rings is 1. The van der Waals surface area contributed by atoms with Gasteiger partial charge < -0.3 is 14.8 Å². The lowest BCUT2D eigenvalue weighted by Gasteiger charge is -2.08. The molecule has 0 saturated heterocycles. The van der Waals surface area contributed by atoms with Crippen molar-refractivity contribution in [2.24, 2.45) is 0 Å². The van der Waals surface area contributed by atoms with E-state index in [1.165, 1.54) is 11.3 Å². The maximum Gasteiger partial charge on any atom is 0.252 e. The van der Waals surface area contributed by atoms with E-state index in [4.69, 9.17) is 4.42 Å². The number of hydrogen-bond donors (Lipinski definition) is 2. The monoisotopic (exact) mass is 301 g/mol. The van der Waals surface area contributed by atoms with Gasteiger partial charge >= 0.3 is 0 Å². The van der Waals surface area contributed by atoms with E-state index >= 15 is 0 Å². The third-order valence-electron chi connectivity index (χ3n) is 3.26. The Kier molecular flexibility index (Phi) is 4.03. The van der Waals surface area contributed by atoms with Gasteiger partial charge in [0.2, 0.25) is 0 Å². The van der Waals surface area contributed by atoms with Crippen LogP contribution in [0.15, 0.2) is 51.6 Å². The minimum Gasteiger partial charge on any atom is -0.458 e. The van der Waals surface area contributed by atoms with Gasteiger partial charge in [-0.25, -0.2) is 0 Å². The van der Waals surface area contributed by atoms with E-state index in [0.717, 1.165) is 11.0 Å². The number of rotatable bonds is 5. The Morgan fingerprint density at radius 2 is 2.19 bits per heavy atom. The fraction of sp³-hybridized carbons (Fsp3) is 0.188. The minimum atomic E-state index is -0.722. The van der Waals surface area contributed by atoms with Crippen molar-refractivity contribution in [2.45, 2.75) is 12.5 Å². The van der Waals surface area contributed by atoms with Crippen LogP contribution >= 0.6 is 11.3 Å². The van der Waals surface area contributed by atoms with Gasteiger partial charge in [-0.05, 0) is 30.0 Å². The second kappa shape index (κ2) is 6.11. The third-order valence-corrected chi connectivity index (χ3v) is 3.94. The molecule has 5 heteroatoms. The summed E-state index contributed by atoms with van der Waals surface area (Å²) in [5.74, 6) is 0.411. The number of para-hydroxylation sites is 1. The molecule has 0 aliphatic rings. The Morgan fingerprint density at radius 3 is 2.95 bits per heavy atom. The lowest BCUT2D eigenvalue weighted by Crippen LogP contribution is -2.25. The molecule has 3 aromatic rings. The van der Waals surface area contributed by atoms with Crippen LogP contribution in [0.1, 0.15) is 28.6 Å². The van der Waals surface area contributed by atoms with Gasteiger partial charge in [0.15, 0.2) is 0 Å². The van der Waals surface area contributed by atoms with Crippen molar-refractivity contribution in [3.8, 4) is 0 Å². The molecule has 1 amide bonds. The van der Waals surface area contributed by atoms with Crippen LogP contribution in [0, 0.1) is 0 Å². The summed E-state index contributed by atoms with van der Waals surface area (Å²) < 4.78 is 5.60. The molecule has 0 bridgehead atoms. The van der Waals surface area contributed by atoms with E-state index in [2.05, 4.69) is 5.32 Å². The maximum atomic E-state index is 11.8. The molecule has 0 saturated carbocycles. The smallest absolute Gasteiger partial charge is 0.252 e. The largest absolute Gasteiger partial charge is 0.458 e. The van der Waals surface area contributed by atoms with Gasteiger partial charge in [-0.3, -0.25) is 4.79 Å². The Bertz CT molecular complexity index is 700. The summed E-state index contributed by atoms with van der Waals surface area (Å²) in [7, 11) is 0. The van der Waals surface area contributed by atoms with Crippen LogP contribution in [0.25, 0.3) is 11.0 Å². The summed E-state index contributed by atoms with van der Waals surface area (Å²) in [6.45, 7) is 0.396. The first kappa shape index (κ1) is 13.9. The van der Waals surface area contributed by atoms with Crippen LogP contribution in [0.5, 0.6) is 0 Å². The van der Waals surface area contributed by atoms with Crippen molar-refractivity contribution in [3.05, 3.63) is 58.5 Å². The number of hydrogen-bond acceptors (Lipinski definition) is 4.